The molecule has 0 saturated carbocycles. The summed E-state index contributed by atoms with van der Waals surface area (Å²) in [4.78, 5) is 31.4. The first-order chi connectivity index (χ1) is 11.1. The van der Waals surface area contributed by atoms with Gasteiger partial charge in [0.05, 0.1) is 25.2 Å². The Kier molecular flexibility index (Phi) is 5.21. The molecule has 1 atom stereocenters. The van der Waals surface area contributed by atoms with Crippen molar-refractivity contribution in [3.63, 3.8) is 0 Å². The molecule has 0 bridgehead atoms. The quantitative estimate of drug-likeness (QED) is 0.759. The van der Waals surface area contributed by atoms with Gasteiger partial charge in [-0.2, -0.15) is 0 Å². The summed E-state index contributed by atoms with van der Waals surface area (Å²) in [6.45, 7) is 8.62. The van der Waals surface area contributed by atoms with Crippen molar-refractivity contribution in [2.24, 2.45) is 5.41 Å². The summed E-state index contributed by atoms with van der Waals surface area (Å²) < 4.78 is 5.30. The molecule has 3 fully saturated rings. The molecule has 3 aliphatic rings. The molecule has 3 heterocycles. The van der Waals surface area contributed by atoms with Crippen LogP contribution in [0.25, 0.3) is 0 Å². The van der Waals surface area contributed by atoms with Crippen molar-refractivity contribution in [2.75, 3.05) is 59.0 Å². The largest absolute Gasteiger partial charge is 0.378 e. The SMILES string of the molecule is CCCN1CCCC2(CCN(CC(=O)N3CCOCC3)C2)C1=O. The number of hydrogen-bond donors (Lipinski definition) is 0. The van der Waals surface area contributed by atoms with E-state index in [-0.39, 0.29) is 11.3 Å². The van der Waals surface area contributed by atoms with Crippen LogP contribution < -0.4 is 0 Å². The summed E-state index contributed by atoms with van der Waals surface area (Å²) in [6.07, 6.45) is 3.99. The van der Waals surface area contributed by atoms with Crippen LogP contribution >= 0.6 is 0 Å². The monoisotopic (exact) mass is 323 g/mol. The first-order valence-corrected chi connectivity index (χ1v) is 9.02. The highest BCUT2D eigenvalue weighted by molar-refractivity contribution is 5.84. The topological polar surface area (TPSA) is 53.1 Å². The predicted molar refractivity (Wildman–Crippen MR) is 87.0 cm³/mol. The van der Waals surface area contributed by atoms with E-state index >= 15 is 0 Å². The molecule has 6 heteroatoms. The molecule has 0 aromatic rings. The molecule has 1 spiro atoms. The summed E-state index contributed by atoms with van der Waals surface area (Å²) in [6, 6.07) is 0. The number of carbonyl (C=O) groups excluding carboxylic acids is 2. The van der Waals surface area contributed by atoms with Gasteiger partial charge in [0.25, 0.3) is 0 Å². The Hall–Kier alpha value is -1.14. The Labute approximate surface area is 138 Å². The van der Waals surface area contributed by atoms with Crippen LogP contribution in [0.15, 0.2) is 0 Å². The number of likely N-dealkylation sites (tertiary alicyclic amines) is 2. The van der Waals surface area contributed by atoms with Crippen molar-refractivity contribution in [3.8, 4) is 0 Å². The number of nitrogens with zero attached hydrogens (tertiary/aromatic N) is 3. The standard InChI is InChI=1S/C17H29N3O3/c1-2-6-20-7-3-4-17(16(20)22)5-8-18(14-17)13-15(21)19-9-11-23-12-10-19/h2-14H2,1H3. The second-order valence-corrected chi connectivity index (χ2v) is 7.13. The molecule has 3 saturated heterocycles. The van der Waals surface area contributed by atoms with E-state index in [0.29, 0.717) is 38.8 Å². The molecule has 0 radical (unpaired) electrons. The van der Waals surface area contributed by atoms with Crippen molar-refractivity contribution in [1.82, 2.24) is 14.7 Å². The first-order valence-electron chi connectivity index (χ1n) is 9.02. The Balaban J connectivity index is 1.56. The lowest BCUT2D eigenvalue weighted by atomic mass is 9.78. The van der Waals surface area contributed by atoms with Crippen LogP contribution in [-0.2, 0) is 14.3 Å². The van der Waals surface area contributed by atoms with Crippen molar-refractivity contribution in [3.05, 3.63) is 0 Å². The molecule has 3 aliphatic heterocycles. The van der Waals surface area contributed by atoms with E-state index in [2.05, 4.69) is 11.8 Å². The summed E-state index contributed by atoms with van der Waals surface area (Å²) in [5, 5.41) is 0. The van der Waals surface area contributed by atoms with Crippen molar-refractivity contribution in [1.29, 1.82) is 0 Å². The van der Waals surface area contributed by atoms with E-state index < -0.39 is 0 Å². The van der Waals surface area contributed by atoms with Crippen LogP contribution in [0.1, 0.15) is 32.6 Å². The predicted octanol–water partition coefficient (Wildman–Crippen LogP) is 0.570. The van der Waals surface area contributed by atoms with Gasteiger partial charge in [-0.3, -0.25) is 14.5 Å². The summed E-state index contributed by atoms with van der Waals surface area (Å²) >= 11 is 0. The number of morpholine rings is 1. The number of piperidine rings is 1. The van der Waals surface area contributed by atoms with E-state index in [1.54, 1.807) is 0 Å². The van der Waals surface area contributed by atoms with Gasteiger partial charge < -0.3 is 14.5 Å². The highest BCUT2D eigenvalue weighted by Gasteiger charge is 2.48. The van der Waals surface area contributed by atoms with Gasteiger partial charge in [-0.25, -0.2) is 0 Å². The molecule has 1 unspecified atom stereocenters. The van der Waals surface area contributed by atoms with Crippen molar-refractivity contribution >= 4 is 11.8 Å². The van der Waals surface area contributed by atoms with Gasteiger partial charge in [0.2, 0.25) is 11.8 Å². The van der Waals surface area contributed by atoms with Crippen molar-refractivity contribution < 1.29 is 14.3 Å². The zero-order valence-corrected chi connectivity index (χ0v) is 14.3. The third-order valence-electron chi connectivity index (χ3n) is 5.47. The normalized spacial score (nSPS) is 29.5. The van der Waals surface area contributed by atoms with Crippen LogP contribution in [0.5, 0.6) is 0 Å². The highest BCUT2D eigenvalue weighted by Crippen LogP contribution is 2.40. The molecule has 0 aromatic carbocycles. The molecule has 23 heavy (non-hydrogen) atoms. The lowest BCUT2D eigenvalue weighted by Crippen LogP contribution is -2.51. The maximum atomic E-state index is 12.9. The Bertz CT molecular complexity index is 448. The fourth-order valence-corrected chi connectivity index (χ4v) is 4.21. The molecule has 0 aliphatic carbocycles. The van der Waals surface area contributed by atoms with Crippen LogP contribution in [0, 0.1) is 5.41 Å². The molecule has 0 N–H and O–H groups in total. The van der Waals surface area contributed by atoms with Crippen LogP contribution in [-0.4, -0.2) is 85.5 Å². The van der Waals surface area contributed by atoms with Gasteiger partial charge in [-0.1, -0.05) is 6.92 Å². The minimum atomic E-state index is -0.224. The average molecular weight is 323 g/mol. The van der Waals surface area contributed by atoms with E-state index in [1.165, 1.54) is 0 Å². The third kappa shape index (κ3) is 3.53. The molecular formula is C17H29N3O3. The van der Waals surface area contributed by atoms with Gasteiger partial charge in [0.15, 0.2) is 0 Å². The number of ether oxygens (including phenoxy) is 1. The fraction of sp³-hybridized carbons (Fsp3) is 0.882. The van der Waals surface area contributed by atoms with Gasteiger partial charge in [-0.05, 0) is 32.2 Å². The molecule has 6 nitrogen and oxygen atoms in total. The zero-order valence-electron chi connectivity index (χ0n) is 14.3. The highest BCUT2D eigenvalue weighted by atomic mass is 16.5. The Morgan fingerprint density at radius 2 is 1.96 bits per heavy atom. The first kappa shape index (κ1) is 16.7. The lowest BCUT2D eigenvalue weighted by Gasteiger charge is -2.39. The smallest absolute Gasteiger partial charge is 0.236 e. The maximum Gasteiger partial charge on any atom is 0.236 e. The minimum Gasteiger partial charge on any atom is -0.378 e. The fourth-order valence-electron chi connectivity index (χ4n) is 4.21. The number of hydrogen-bond acceptors (Lipinski definition) is 4. The van der Waals surface area contributed by atoms with Gasteiger partial charge in [0, 0.05) is 32.7 Å². The average Bonchev–Trinajstić information content (AvgIpc) is 2.97. The zero-order chi connectivity index (χ0) is 16.3. The van der Waals surface area contributed by atoms with E-state index in [9.17, 15) is 9.59 Å². The second-order valence-electron chi connectivity index (χ2n) is 7.13. The van der Waals surface area contributed by atoms with Crippen LogP contribution in [0.2, 0.25) is 0 Å². The van der Waals surface area contributed by atoms with E-state index in [1.807, 2.05) is 9.80 Å². The number of rotatable bonds is 4. The second kappa shape index (κ2) is 7.18. The molecule has 130 valence electrons. The maximum absolute atomic E-state index is 12.9. The van der Waals surface area contributed by atoms with Gasteiger partial charge in [0.1, 0.15) is 0 Å². The van der Waals surface area contributed by atoms with Gasteiger partial charge in [-0.15, -0.1) is 0 Å². The van der Waals surface area contributed by atoms with Gasteiger partial charge >= 0.3 is 0 Å². The van der Waals surface area contributed by atoms with E-state index in [4.69, 9.17) is 4.74 Å². The van der Waals surface area contributed by atoms with Crippen molar-refractivity contribution in [2.45, 2.75) is 32.6 Å². The summed E-state index contributed by atoms with van der Waals surface area (Å²) in [5.74, 6) is 0.506. The van der Waals surface area contributed by atoms with E-state index in [0.717, 1.165) is 51.9 Å². The molecule has 3 rings (SSSR count). The summed E-state index contributed by atoms with van der Waals surface area (Å²) in [7, 11) is 0. The molecule has 0 aromatic heterocycles. The number of carbonyl (C=O) groups is 2. The Morgan fingerprint density at radius 1 is 1.17 bits per heavy atom. The Morgan fingerprint density at radius 3 is 2.70 bits per heavy atom. The summed E-state index contributed by atoms with van der Waals surface area (Å²) in [5.41, 5.74) is -0.224. The van der Waals surface area contributed by atoms with Crippen LogP contribution in [0.4, 0.5) is 0 Å². The molecule has 2 amide bonds. The van der Waals surface area contributed by atoms with Crippen LogP contribution in [0.3, 0.4) is 0 Å². The lowest BCUT2D eigenvalue weighted by molar-refractivity contribution is -0.146. The third-order valence-corrected chi connectivity index (χ3v) is 5.47. The number of amides is 2. The molecular weight excluding hydrogens is 294 g/mol. The minimum absolute atomic E-state index is 0.180.